The maximum Gasteiger partial charge on any atom is 0.165 e. The van der Waals surface area contributed by atoms with Gasteiger partial charge in [-0.2, -0.15) is 0 Å². The third kappa shape index (κ3) is 3.61. The highest BCUT2D eigenvalue weighted by atomic mass is 19.2. The van der Waals surface area contributed by atoms with Crippen molar-refractivity contribution in [2.75, 3.05) is 7.11 Å². The van der Waals surface area contributed by atoms with Gasteiger partial charge in [-0.3, -0.25) is 0 Å². The molecule has 0 saturated carbocycles. The van der Waals surface area contributed by atoms with E-state index in [0.717, 1.165) is 11.1 Å². The van der Waals surface area contributed by atoms with Crippen molar-refractivity contribution in [3.05, 3.63) is 70.3 Å². The van der Waals surface area contributed by atoms with Gasteiger partial charge in [0.05, 0.1) is 6.61 Å². The van der Waals surface area contributed by atoms with Crippen molar-refractivity contribution in [3.8, 4) is 0 Å². The zero-order chi connectivity index (χ0) is 15.4. The van der Waals surface area contributed by atoms with Gasteiger partial charge in [0.25, 0.3) is 0 Å². The quantitative estimate of drug-likeness (QED) is 0.594. The molecule has 0 amide bonds. The van der Waals surface area contributed by atoms with Gasteiger partial charge in [-0.15, -0.1) is 0 Å². The average Bonchev–Trinajstić information content (AvgIpc) is 2.47. The number of aryl methyl sites for hydroxylation is 1. The van der Waals surface area contributed by atoms with Gasteiger partial charge in [0.2, 0.25) is 0 Å². The van der Waals surface area contributed by atoms with Crippen LogP contribution in [0.15, 0.2) is 30.3 Å². The van der Waals surface area contributed by atoms with Crippen LogP contribution in [0.25, 0.3) is 0 Å². The van der Waals surface area contributed by atoms with E-state index in [0.29, 0.717) is 6.61 Å². The standard InChI is InChI=1S/C16H14F4O/c1-21-9-11-4-2-10(3-5-11)6-7-12-15(19)13(17)8-14(18)16(12)20/h2-5,8H,6-7,9H2,1H3. The molecule has 112 valence electrons. The molecule has 0 aliphatic carbocycles. The second kappa shape index (κ2) is 6.72. The average molecular weight is 298 g/mol. The summed E-state index contributed by atoms with van der Waals surface area (Å²) in [7, 11) is 1.58. The Morgan fingerprint density at radius 2 is 1.33 bits per heavy atom. The van der Waals surface area contributed by atoms with E-state index in [1.165, 1.54) is 0 Å². The largest absolute Gasteiger partial charge is 0.380 e. The lowest BCUT2D eigenvalue weighted by molar-refractivity contribution is 0.185. The molecule has 0 radical (unpaired) electrons. The lowest BCUT2D eigenvalue weighted by atomic mass is 10.0. The van der Waals surface area contributed by atoms with Crippen molar-refractivity contribution in [2.24, 2.45) is 0 Å². The van der Waals surface area contributed by atoms with E-state index in [4.69, 9.17) is 4.74 Å². The van der Waals surface area contributed by atoms with Gasteiger partial charge in [-0.05, 0) is 24.0 Å². The van der Waals surface area contributed by atoms with Gasteiger partial charge < -0.3 is 4.74 Å². The van der Waals surface area contributed by atoms with Crippen molar-refractivity contribution in [1.29, 1.82) is 0 Å². The van der Waals surface area contributed by atoms with E-state index < -0.39 is 28.8 Å². The molecular weight excluding hydrogens is 284 g/mol. The Hall–Kier alpha value is -1.88. The molecule has 0 spiro atoms. The summed E-state index contributed by atoms with van der Waals surface area (Å²) in [4.78, 5) is 0. The summed E-state index contributed by atoms with van der Waals surface area (Å²) in [6, 6.07) is 7.46. The second-order valence-electron chi connectivity index (χ2n) is 4.70. The molecule has 0 aliphatic rings. The molecule has 2 aromatic rings. The van der Waals surface area contributed by atoms with Crippen LogP contribution in [0.3, 0.4) is 0 Å². The molecule has 2 aromatic carbocycles. The summed E-state index contributed by atoms with van der Waals surface area (Å²) in [6.07, 6.45) is 0.167. The lowest BCUT2D eigenvalue weighted by Crippen LogP contribution is -2.04. The summed E-state index contributed by atoms with van der Waals surface area (Å²) >= 11 is 0. The maximum absolute atomic E-state index is 13.5. The van der Waals surface area contributed by atoms with Crippen LogP contribution >= 0.6 is 0 Å². The predicted octanol–water partition coefficient (Wildman–Crippen LogP) is 4.17. The van der Waals surface area contributed by atoms with Crippen LogP contribution in [-0.4, -0.2) is 7.11 Å². The van der Waals surface area contributed by atoms with Crippen LogP contribution < -0.4 is 0 Å². The highest BCUT2D eigenvalue weighted by Gasteiger charge is 2.18. The van der Waals surface area contributed by atoms with Gasteiger partial charge in [0.15, 0.2) is 23.3 Å². The zero-order valence-corrected chi connectivity index (χ0v) is 11.4. The fraction of sp³-hybridized carbons (Fsp3) is 0.250. The normalized spacial score (nSPS) is 10.9. The molecule has 0 aromatic heterocycles. The summed E-state index contributed by atoms with van der Waals surface area (Å²) < 4.78 is 58.2. The van der Waals surface area contributed by atoms with Gasteiger partial charge in [-0.25, -0.2) is 17.6 Å². The van der Waals surface area contributed by atoms with Crippen LogP contribution in [0.5, 0.6) is 0 Å². The Balaban J connectivity index is 2.13. The molecule has 0 bridgehead atoms. The molecule has 2 rings (SSSR count). The van der Waals surface area contributed by atoms with Gasteiger partial charge in [0, 0.05) is 18.7 Å². The summed E-state index contributed by atoms with van der Waals surface area (Å²) in [5.74, 6) is -5.41. The molecule has 0 heterocycles. The maximum atomic E-state index is 13.5. The van der Waals surface area contributed by atoms with Crippen molar-refractivity contribution >= 4 is 0 Å². The van der Waals surface area contributed by atoms with Crippen LogP contribution in [0.4, 0.5) is 17.6 Å². The topological polar surface area (TPSA) is 9.23 Å². The van der Waals surface area contributed by atoms with Crippen LogP contribution in [-0.2, 0) is 24.2 Å². The zero-order valence-electron chi connectivity index (χ0n) is 11.4. The fourth-order valence-electron chi connectivity index (χ4n) is 2.08. The molecule has 0 fully saturated rings. The summed E-state index contributed by atoms with van der Waals surface area (Å²) in [6.45, 7) is 0.471. The number of benzene rings is 2. The highest BCUT2D eigenvalue weighted by Crippen LogP contribution is 2.21. The smallest absolute Gasteiger partial charge is 0.165 e. The predicted molar refractivity (Wildman–Crippen MR) is 70.8 cm³/mol. The first-order valence-corrected chi connectivity index (χ1v) is 6.41. The van der Waals surface area contributed by atoms with Gasteiger partial charge >= 0.3 is 0 Å². The minimum atomic E-state index is -1.38. The van der Waals surface area contributed by atoms with Crippen molar-refractivity contribution in [1.82, 2.24) is 0 Å². The van der Waals surface area contributed by atoms with Gasteiger partial charge in [-0.1, -0.05) is 24.3 Å². The molecular formula is C16H14F4O. The Labute approximate surface area is 120 Å². The Bertz CT molecular complexity index is 597. The first-order chi connectivity index (χ1) is 10.0. The van der Waals surface area contributed by atoms with Crippen LogP contribution in [0, 0.1) is 23.3 Å². The van der Waals surface area contributed by atoms with Crippen molar-refractivity contribution < 1.29 is 22.3 Å². The monoisotopic (exact) mass is 298 g/mol. The minimum Gasteiger partial charge on any atom is -0.380 e. The molecule has 0 unspecified atom stereocenters. The Kier molecular flexibility index (Phi) is 4.96. The third-order valence-corrected chi connectivity index (χ3v) is 3.20. The molecule has 5 heteroatoms. The number of rotatable bonds is 5. The number of hydrogen-bond donors (Lipinski definition) is 0. The van der Waals surface area contributed by atoms with Crippen molar-refractivity contribution in [2.45, 2.75) is 19.4 Å². The SMILES string of the molecule is COCc1ccc(CCc2c(F)c(F)cc(F)c2F)cc1. The molecule has 1 nitrogen and oxygen atoms in total. The van der Waals surface area contributed by atoms with Gasteiger partial charge in [0.1, 0.15) is 0 Å². The fourth-order valence-corrected chi connectivity index (χ4v) is 2.08. The summed E-state index contributed by atoms with van der Waals surface area (Å²) in [5.41, 5.74) is 1.22. The Morgan fingerprint density at radius 3 is 1.86 bits per heavy atom. The van der Waals surface area contributed by atoms with E-state index in [1.807, 2.05) is 12.1 Å². The van der Waals surface area contributed by atoms with Crippen LogP contribution in [0.2, 0.25) is 0 Å². The molecule has 0 aliphatic heterocycles. The van der Waals surface area contributed by atoms with E-state index in [9.17, 15) is 17.6 Å². The van der Waals surface area contributed by atoms with E-state index in [2.05, 4.69) is 0 Å². The molecule has 0 atom stereocenters. The molecule has 0 saturated heterocycles. The van der Waals surface area contributed by atoms with E-state index in [1.54, 1.807) is 19.2 Å². The first-order valence-electron chi connectivity index (χ1n) is 6.41. The number of ether oxygens (including phenoxy) is 1. The van der Waals surface area contributed by atoms with Crippen LogP contribution in [0.1, 0.15) is 16.7 Å². The Morgan fingerprint density at radius 1 is 0.810 bits per heavy atom. The first kappa shape index (κ1) is 15.5. The number of halogens is 4. The molecule has 0 N–H and O–H groups in total. The third-order valence-electron chi connectivity index (χ3n) is 3.20. The lowest BCUT2D eigenvalue weighted by Gasteiger charge is -2.08. The molecule has 21 heavy (non-hydrogen) atoms. The number of methoxy groups -OCH3 is 1. The summed E-state index contributed by atoms with van der Waals surface area (Å²) in [5, 5.41) is 0. The minimum absolute atomic E-state index is 0.115. The second-order valence-corrected chi connectivity index (χ2v) is 4.70. The van der Waals surface area contributed by atoms with Crippen molar-refractivity contribution in [3.63, 3.8) is 0 Å². The van der Waals surface area contributed by atoms with E-state index in [-0.39, 0.29) is 18.9 Å². The highest BCUT2D eigenvalue weighted by molar-refractivity contribution is 5.26. The number of hydrogen-bond acceptors (Lipinski definition) is 1. The van der Waals surface area contributed by atoms with E-state index >= 15 is 0 Å².